The van der Waals surface area contributed by atoms with Crippen molar-refractivity contribution in [3.05, 3.63) is 0 Å². The number of carbonyl (C=O) groups is 2. The average molecular weight is 203 g/mol. The molecule has 1 fully saturated rings. The van der Waals surface area contributed by atoms with Crippen LogP contribution in [0.1, 0.15) is 19.3 Å². The third-order valence-corrected chi connectivity index (χ3v) is 2.41. The third-order valence-electron chi connectivity index (χ3n) is 2.18. The van der Waals surface area contributed by atoms with Gasteiger partial charge in [0.05, 0.1) is 0 Å². The monoisotopic (exact) mass is 203 g/mol. The van der Waals surface area contributed by atoms with Gasteiger partial charge in [-0.3, -0.25) is 4.79 Å². The summed E-state index contributed by atoms with van der Waals surface area (Å²) < 4.78 is 0. The largest absolute Gasteiger partial charge is 0.480 e. The smallest absolute Gasteiger partial charge is 0.326 e. The van der Waals surface area contributed by atoms with E-state index in [9.17, 15) is 9.59 Å². The van der Waals surface area contributed by atoms with Crippen molar-refractivity contribution in [1.82, 2.24) is 4.90 Å². The fourth-order valence-corrected chi connectivity index (χ4v) is 1.75. The Kier molecular flexibility index (Phi) is 3.59. The van der Waals surface area contributed by atoms with Gasteiger partial charge in [-0.05, 0) is 18.6 Å². The van der Waals surface area contributed by atoms with E-state index < -0.39 is 12.0 Å². The molecule has 4 nitrogen and oxygen atoms in total. The molecule has 0 spiro atoms. The number of hydrogen-bond donors (Lipinski definition) is 2. The van der Waals surface area contributed by atoms with Crippen LogP contribution in [-0.2, 0) is 9.59 Å². The minimum absolute atomic E-state index is 0.0973. The lowest BCUT2D eigenvalue weighted by atomic mass is 10.2. The second-order valence-corrected chi connectivity index (χ2v) is 3.50. The molecule has 1 heterocycles. The average Bonchev–Trinajstić information content (AvgIpc) is 2.52. The number of hydrogen-bond acceptors (Lipinski definition) is 3. The van der Waals surface area contributed by atoms with E-state index in [0.717, 1.165) is 6.42 Å². The van der Waals surface area contributed by atoms with Crippen LogP contribution in [0.5, 0.6) is 0 Å². The Morgan fingerprint density at radius 2 is 2.23 bits per heavy atom. The number of likely N-dealkylation sites (tertiary alicyclic amines) is 1. The quantitative estimate of drug-likeness (QED) is 0.652. The van der Waals surface area contributed by atoms with Crippen LogP contribution in [0.3, 0.4) is 0 Å². The lowest BCUT2D eigenvalue weighted by Crippen LogP contribution is -2.40. The number of carbonyl (C=O) groups excluding carboxylic acids is 1. The van der Waals surface area contributed by atoms with E-state index in [1.165, 1.54) is 4.90 Å². The van der Waals surface area contributed by atoms with Crippen LogP contribution >= 0.6 is 12.6 Å². The van der Waals surface area contributed by atoms with Gasteiger partial charge in [0.15, 0.2) is 0 Å². The Hall–Kier alpha value is -0.710. The summed E-state index contributed by atoms with van der Waals surface area (Å²) in [7, 11) is 0. The maximum Gasteiger partial charge on any atom is 0.326 e. The van der Waals surface area contributed by atoms with Crippen LogP contribution < -0.4 is 0 Å². The zero-order valence-corrected chi connectivity index (χ0v) is 8.17. The molecule has 0 aromatic rings. The number of carboxylic acids is 1. The van der Waals surface area contributed by atoms with Crippen LogP contribution in [0.2, 0.25) is 0 Å². The molecule has 0 saturated carbocycles. The number of amides is 1. The molecular weight excluding hydrogens is 190 g/mol. The van der Waals surface area contributed by atoms with Crippen LogP contribution in [0.15, 0.2) is 0 Å². The third kappa shape index (κ3) is 2.37. The summed E-state index contributed by atoms with van der Waals surface area (Å²) in [4.78, 5) is 23.5. The van der Waals surface area contributed by atoms with Gasteiger partial charge >= 0.3 is 5.97 Å². The van der Waals surface area contributed by atoms with E-state index in [4.69, 9.17) is 5.11 Å². The lowest BCUT2D eigenvalue weighted by Gasteiger charge is -2.20. The number of thiol groups is 1. The van der Waals surface area contributed by atoms with Crippen molar-refractivity contribution in [3.63, 3.8) is 0 Å². The van der Waals surface area contributed by atoms with Gasteiger partial charge in [-0.25, -0.2) is 4.79 Å². The second kappa shape index (κ2) is 4.50. The zero-order valence-electron chi connectivity index (χ0n) is 7.27. The molecule has 1 amide bonds. The molecule has 74 valence electrons. The highest BCUT2D eigenvalue weighted by Crippen LogP contribution is 2.18. The van der Waals surface area contributed by atoms with Crippen molar-refractivity contribution < 1.29 is 14.7 Å². The summed E-state index contributed by atoms with van der Waals surface area (Å²) in [5, 5.41) is 8.79. The van der Waals surface area contributed by atoms with E-state index in [1.807, 2.05) is 0 Å². The molecule has 1 aliphatic rings. The maximum atomic E-state index is 11.4. The minimum atomic E-state index is -0.898. The summed E-state index contributed by atoms with van der Waals surface area (Å²) in [5.74, 6) is -0.522. The van der Waals surface area contributed by atoms with E-state index in [1.54, 1.807) is 0 Å². The standard InChI is InChI=1S/C8H13NO3S/c10-7(3-5-13)9-4-1-2-6(9)8(11)12/h6,13H,1-5H2,(H,11,12)/t6-/m1/s1. The topological polar surface area (TPSA) is 57.6 Å². The lowest BCUT2D eigenvalue weighted by molar-refractivity contribution is -0.148. The maximum absolute atomic E-state index is 11.4. The number of aliphatic carboxylic acids is 1. The molecule has 1 N–H and O–H groups in total. The summed E-state index contributed by atoms with van der Waals surface area (Å²) in [6.07, 6.45) is 1.69. The first-order valence-electron chi connectivity index (χ1n) is 4.30. The molecule has 13 heavy (non-hydrogen) atoms. The predicted molar refractivity (Wildman–Crippen MR) is 50.8 cm³/mol. The molecule has 0 bridgehead atoms. The van der Waals surface area contributed by atoms with Crippen molar-refractivity contribution in [1.29, 1.82) is 0 Å². The van der Waals surface area contributed by atoms with Crippen molar-refractivity contribution in [3.8, 4) is 0 Å². The molecule has 5 heteroatoms. The Balaban J connectivity index is 2.57. The van der Waals surface area contributed by atoms with Gasteiger partial charge in [0.2, 0.25) is 5.91 Å². The minimum Gasteiger partial charge on any atom is -0.480 e. The van der Waals surface area contributed by atoms with Gasteiger partial charge in [0, 0.05) is 13.0 Å². The van der Waals surface area contributed by atoms with Crippen LogP contribution in [-0.4, -0.2) is 40.2 Å². The molecule has 1 aliphatic heterocycles. The molecular formula is C8H13NO3S. The van der Waals surface area contributed by atoms with Gasteiger partial charge in [-0.15, -0.1) is 0 Å². The fourth-order valence-electron chi connectivity index (χ4n) is 1.56. The molecule has 0 unspecified atom stereocenters. The van der Waals surface area contributed by atoms with Crippen molar-refractivity contribution in [2.24, 2.45) is 0 Å². The molecule has 0 aromatic carbocycles. The van der Waals surface area contributed by atoms with E-state index >= 15 is 0 Å². The van der Waals surface area contributed by atoms with Crippen molar-refractivity contribution >= 4 is 24.5 Å². The number of nitrogens with zero attached hydrogens (tertiary/aromatic N) is 1. The Morgan fingerprint density at radius 3 is 2.77 bits per heavy atom. The fraction of sp³-hybridized carbons (Fsp3) is 0.750. The Labute approximate surface area is 82.3 Å². The highest BCUT2D eigenvalue weighted by atomic mass is 32.1. The molecule has 1 saturated heterocycles. The summed E-state index contributed by atoms with van der Waals surface area (Å²) in [5.41, 5.74) is 0. The van der Waals surface area contributed by atoms with Crippen molar-refractivity contribution in [2.75, 3.05) is 12.3 Å². The van der Waals surface area contributed by atoms with Crippen LogP contribution in [0.4, 0.5) is 0 Å². The zero-order chi connectivity index (χ0) is 9.84. The Morgan fingerprint density at radius 1 is 1.54 bits per heavy atom. The highest BCUT2D eigenvalue weighted by Gasteiger charge is 2.33. The molecule has 1 atom stereocenters. The second-order valence-electron chi connectivity index (χ2n) is 3.06. The highest BCUT2D eigenvalue weighted by molar-refractivity contribution is 7.80. The van der Waals surface area contributed by atoms with Gasteiger partial charge in [0.25, 0.3) is 0 Å². The number of carboxylic acid groups (broad SMARTS) is 1. The normalized spacial score (nSPS) is 21.9. The van der Waals surface area contributed by atoms with Gasteiger partial charge < -0.3 is 10.0 Å². The van der Waals surface area contributed by atoms with Gasteiger partial charge in [-0.1, -0.05) is 0 Å². The predicted octanol–water partition coefficient (Wildman–Crippen LogP) is 0.382. The molecule has 0 aliphatic carbocycles. The van der Waals surface area contributed by atoms with E-state index in [2.05, 4.69) is 12.6 Å². The first kappa shape index (κ1) is 10.4. The van der Waals surface area contributed by atoms with Gasteiger partial charge in [-0.2, -0.15) is 12.6 Å². The molecule has 1 rings (SSSR count). The van der Waals surface area contributed by atoms with E-state index in [0.29, 0.717) is 25.1 Å². The van der Waals surface area contributed by atoms with Crippen LogP contribution in [0.25, 0.3) is 0 Å². The van der Waals surface area contributed by atoms with Crippen molar-refractivity contribution in [2.45, 2.75) is 25.3 Å². The van der Waals surface area contributed by atoms with E-state index in [-0.39, 0.29) is 5.91 Å². The summed E-state index contributed by atoms with van der Waals surface area (Å²) in [6.45, 7) is 0.573. The summed E-state index contributed by atoms with van der Waals surface area (Å²) in [6, 6.07) is -0.604. The molecule has 0 aromatic heterocycles. The SMILES string of the molecule is O=C(O)[C@H]1CCCN1C(=O)CCS. The van der Waals surface area contributed by atoms with Crippen LogP contribution in [0, 0.1) is 0 Å². The summed E-state index contributed by atoms with van der Waals surface area (Å²) >= 11 is 3.94. The number of rotatable bonds is 3. The first-order valence-corrected chi connectivity index (χ1v) is 4.93. The first-order chi connectivity index (χ1) is 6.16. The van der Waals surface area contributed by atoms with Gasteiger partial charge in [0.1, 0.15) is 6.04 Å². The Bertz CT molecular complexity index is 219. The molecule has 0 radical (unpaired) electrons.